The molecule has 0 aliphatic heterocycles. The van der Waals surface area contributed by atoms with Gasteiger partial charge in [0.05, 0.1) is 19.8 Å². The molecule has 0 aromatic carbocycles. The molecular weight excluding hydrogens is 808 g/mol. The van der Waals surface area contributed by atoms with Gasteiger partial charge in [0, 0.05) is 19.3 Å². The molecule has 3 unspecified atom stereocenters. The van der Waals surface area contributed by atoms with E-state index in [0.717, 1.165) is 103 Å². The lowest BCUT2D eigenvalue weighted by atomic mass is 10.1. The number of allylic oxidation sites excluding steroid dienone is 6. The normalized spacial score (nSPS) is 13.8. The molecule has 0 radical (unpaired) electrons. The van der Waals surface area contributed by atoms with Crippen LogP contribution in [0, 0.1) is 0 Å². The number of hydrogen-bond donors (Lipinski definition) is 2. The average molecular weight is 899 g/mol. The number of hydrogen-bond acceptors (Lipinski definition) is 10. The summed E-state index contributed by atoms with van der Waals surface area (Å²) in [5, 5.41) is 9.73. The fourth-order valence-electron chi connectivity index (χ4n) is 6.66. The van der Waals surface area contributed by atoms with Crippen molar-refractivity contribution in [2.45, 2.75) is 238 Å². The van der Waals surface area contributed by atoms with Crippen LogP contribution in [0.1, 0.15) is 226 Å². The third-order valence-corrected chi connectivity index (χ3v) is 11.5. The van der Waals surface area contributed by atoms with Crippen molar-refractivity contribution in [1.29, 1.82) is 0 Å². The third-order valence-electron chi connectivity index (χ3n) is 10.5. The number of ether oxygens (including phenoxy) is 3. The Morgan fingerprint density at radius 1 is 0.452 bits per heavy atom. The monoisotopic (exact) mass is 899 g/mol. The fourth-order valence-corrected chi connectivity index (χ4v) is 7.44. The number of unbranched alkanes of at least 4 members (excludes halogenated alkanes) is 23. The van der Waals surface area contributed by atoms with Crippen LogP contribution < -0.4 is 0 Å². The molecule has 2 N–H and O–H groups in total. The molecule has 0 bridgehead atoms. The van der Waals surface area contributed by atoms with E-state index in [1.807, 2.05) is 0 Å². The van der Waals surface area contributed by atoms with Crippen LogP contribution in [-0.4, -0.2) is 66.5 Å². The molecule has 0 aromatic rings. The molecular formula is C50H91O11P. The summed E-state index contributed by atoms with van der Waals surface area (Å²) in [5.41, 5.74) is 0. The van der Waals surface area contributed by atoms with Crippen LogP contribution in [0.25, 0.3) is 0 Å². The first-order valence-corrected chi connectivity index (χ1v) is 26.4. The minimum atomic E-state index is -4.73. The molecule has 0 aliphatic rings. The lowest BCUT2D eigenvalue weighted by molar-refractivity contribution is -0.161. The van der Waals surface area contributed by atoms with Gasteiger partial charge < -0.3 is 24.2 Å². The van der Waals surface area contributed by atoms with Crippen molar-refractivity contribution in [2.75, 3.05) is 26.4 Å². The van der Waals surface area contributed by atoms with Crippen LogP contribution in [0.15, 0.2) is 36.5 Å². The molecule has 0 amide bonds. The minimum absolute atomic E-state index is 0.154. The number of phosphoric acid groups is 1. The topological polar surface area (TPSA) is 155 Å². The Morgan fingerprint density at radius 2 is 0.806 bits per heavy atom. The molecule has 0 heterocycles. The maximum atomic E-state index is 12.8. The number of carbonyl (C=O) groups is 3. The SMILES string of the molecule is CCCC/C=C\CCCCCCCC(=O)OC(CO)COP(=O)(O)OCC(COC(=O)CCCCCCCCCCC)OC(=O)CCCCCCC/C=C\C/C=C\CCCCC. The summed E-state index contributed by atoms with van der Waals surface area (Å²) in [6.45, 7) is 4.52. The zero-order chi connectivity index (χ0) is 45.6. The molecule has 11 nitrogen and oxygen atoms in total. The predicted octanol–water partition coefficient (Wildman–Crippen LogP) is 13.7. The molecule has 0 spiro atoms. The first-order valence-electron chi connectivity index (χ1n) is 24.9. The van der Waals surface area contributed by atoms with Gasteiger partial charge in [0.2, 0.25) is 0 Å². The fraction of sp³-hybridized carbons (Fsp3) is 0.820. The van der Waals surface area contributed by atoms with Gasteiger partial charge in [-0.1, -0.05) is 173 Å². The Kier molecular flexibility index (Phi) is 43.6. The van der Waals surface area contributed by atoms with E-state index in [9.17, 15) is 28.9 Å². The molecule has 0 saturated heterocycles. The molecule has 0 aliphatic carbocycles. The van der Waals surface area contributed by atoms with Gasteiger partial charge in [-0.05, 0) is 70.6 Å². The van der Waals surface area contributed by atoms with Crippen molar-refractivity contribution in [3.05, 3.63) is 36.5 Å². The van der Waals surface area contributed by atoms with Gasteiger partial charge in [-0.25, -0.2) is 4.57 Å². The molecule has 0 aromatic heterocycles. The van der Waals surface area contributed by atoms with E-state index in [4.69, 9.17) is 23.3 Å². The number of phosphoric ester groups is 1. The Balaban J connectivity index is 4.74. The highest BCUT2D eigenvalue weighted by Crippen LogP contribution is 2.43. The van der Waals surface area contributed by atoms with Crippen LogP contribution in [-0.2, 0) is 42.2 Å². The Labute approximate surface area is 378 Å². The highest BCUT2D eigenvalue weighted by atomic mass is 31.2. The summed E-state index contributed by atoms with van der Waals surface area (Å²) in [4.78, 5) is 48.1. The first kappa shape index (κ1) is 59.7. The second-order valence-corrected chi connectivity index (χ2v) is 18.1. The van der Waals surface area contributed by atoms with Crippen LogP contribution in [0.4, 0.5) is 0 Å². The van der Waals surface area contributed by atoms with E-state index in [2.05, 4.69) is 57.2 Å². The van der Waals surface area contributed by atoms with Crippen LogP contribution in [0.2, 0.25) is 0 Å². The van der Waals surface area contributed by atoms with E-state index in [1.165, 1.54) is 64.2 Å². The molecule has 362 valence electrons. The molecule has 12 heteroatoms. The third kappa shape index (κ3) is 43.0. The number of aliphatic hydroxyl groups is 1. The van der Waals surface area contributed by atoms with E-state index < -0.39 is 57.8 Å². The molecule has 0 rings (SSSR count). The molecule has 0 fully saturated rings. The van der Waals surface area contributed by atoms with Crippen molar-refractivity contribution in [1.82, 2.24) is 0 Å². The number of carbonyl (C=O) groups excluding carboxylic acids is 3. The summed E-state index contributed by atoms with van der Waals surface area (Å²) in [7, 11) is -4.73. The van der Waals surface area contributed by atoms with E-state index in [0.29, 0.717) is 19.3 Å². The standard InChI is InChI=1S/C50H91O11P/c1-4-7-10-13-16-19-21-22-23-24-26-29-32-35-38-41-50(54)61-47(43-57-48(52)39-36-33-30-27-18-15-12-9-6-3)45-59-62(55,56)58-44-46(42-51)60-49(53)40-37-34-31-28-25-20-17-14-11-8-5-2/h14,16-17,19,22-23,46-47,51H,4-13,15,18,20-21,24-45H2,1-3H3,(H,55,56)/b17-14-,19-16-,23-22-. The van der Waals surface area contributed by atoms with Crippen LogP contribution in [0.3, 0.4) is 0 Å². The highest BCUT2D eigenvalue weighted by molar-refractivity contribution is 7.47. The summed E-state index contributed by atoms with van der Waals surface area (Å²) in [5.74, 6) is -1.49. The van der Waals surface area contributed by atoms with Gasteiger partial charge in [0.25, 0.3) is 0 Å². The molecule has 62 heavy (non-hydrogen) atoms. The quantitative estimate of drug-likeness (QED) is 0.0197. The second-order valence-electron chi connectivity index (χ2n) is 16.6. The number of rotatable bonds is 46. The Bertz CT molecular complexity index is 1190. The smallest absolute Gasteiger partial charge is 0.462 e. The largest absolute Gasteiger partial charge is 0.472 e. The zero-order valence-electron chi connectivity index (χ0n) is 39.6. The van der Waals surface area contributed by atoms with Gasteiger partial charge >= 0.3 is 25.7 Å². The lowest BCUT2D eigenvalue weighted by Crippen LogP contribution is -2.30. The van der Waals surface area contributed by atoms with E-state index in [-0.39, 0.29) is 25.9 Å². The van der Waals surface area contributed by atoms with Gasteiger partial charge in [0.15, 0.2) is 6.10 Å². The maximum absolute atomic E-state index is 12.8. The summed E-state index contributed by atoms with van der Waals surface area (Å²) >= 11 is 0. The van der Waals surface area contributed by atoms with E-state index in [1.54, 1.807) is 0 Å². The first-order chi connectivity index (χ1) is 30.2. The van der Waals surface area contributed by atoms with Crippen molar-refractivity contribution >= 4 is 25.7 Å². The summed E-state index contributed by atoms with van der Waals surface area (Å²) in [6, 6.07) is 0. The molecule has 0 saturated carbocycles. The van der Waals surface area contributed by atoms with Crippen LogP contribution >= 0.6 is 7.82 Å². The number of aliphatic hydroxyl groups excluding tert-OH is 1. The van der Waals surface area contributed by atoms with Crippen molar-refractivity contribution in [3.63, 3.8) is 0 Å². The minimum Gasteiger partial charge on any atom is -0.462 e. The Morgan fingerprint density at radius 3 is 1.29 bits per heavy atom. The summed E-state index contributed by atoms with van der Waals surface area (Å²) < 4.78 is 39.2. The van der Waals surface area contributed by atoms with E-state index >= 15 is 0 Å². The van der Waals surface area contributed by atoms with Crippen molar-refractivity contribution < 1.29 is 52.2 Å². The van der Waals surface area contributed by atoms with Crippen molar-refractivity contribution in [2.24, 2.45) is 0 Å². The Hall–Kier alpha value is -2.30. The number of esters is 3. The van der Waals surface area contributed by atoms with Gasteiger partial charge in [-0.2, -0.15) is 0 Å². The lowest BCUT2D eigenvalue weighted by Gasteiger charge is -2.21. The zero-order valence-corrected chi connectivity index (χ0v) is 40.5. The van der Waals surface area contributed by atoms with Gasteiger partial charge in [0.1, 0.15) is 12.7 Å². The summed E-state index contributed by atoms with van der Waals surface area (Å²) in [6.07, 6.45) is 42.7. The van der Waals surface area contributed by atoms with Gasteiger partial charge in [-0.3, -0.25) is 23.4 Å². The van der Waals surface area contributed by atoms with Gasteiger partial charge in [-0.15, -0.1) is 0 Å². The highest BCUT2D eigenvalue weighted by Gasteiger charge is 2.28. The average Bonchev–Trinajstić information content (AvgIpc) is 3.25. The predicted molar refractivity (Wildman–Crippen MR) is 252 cm³/mol. The van der Waals surface area contributed by atoms with Crippen molar-refractivity contribution in [3.8, 4) is 0 Å². The molecule has 3 atom stereocenters. The van der Waals surface area contributed by atoms with Crippen LogP contribution in [0.5, 0.6) is 0 Å². The maximum Gasteiger partial charge on any atom is 0.472 e. The second kappa shape index (κ2) is 45.3.